The zero-order valence-electron chi connectivity index (χ0n) is 12.7. The third kappa shape index (κ3) is 3.87. The van der Waals surface area contributed by atoms with Gasteiger partial charge in [0.25, 0.3) is 0 Å². The molecule has 1 atom stereocenters. The van der Waals surface area contributed by atoms with Gasteiger partial charge in [-0.2, -0.15) is 0 Å². The van der Waals surface area contributed by atoms with E-state index >= 15 is 0 Å². The minimum absolute atomic E-state index is 0.163. The summed E-state index contributed by atoms with van der Waals surface area (Å²) in [7, 11) is 3.16. The third-order valence-corrected chi connectivity index (χ3v) is 3.21. The smallest absolute Gasteiger partial charge is 0.240 e. The molecule has 1 aromatic rings. The molecule has 1 aromatic carbocycles. The van der Waals surface area contributed by atoms with Crippen molar-refractivity contribution in [2.45, 2.75) is 38.8 Å². The molecule has 1 unspecified atom stereocenters. The summed E-state index contributed by atoms with van der Waals surface area (Å²) in [6, 6.07) is 5.56. The van der Waals surface area contributed by atoms with Crippen molar-refractivity contribution >= 4 is 5.91 Å². The Hall–Kier alpha value is -1.75. The van der Waals surface area contributed by atoms with Gasteiger partial charge in [-0.3, -0.25) is 4.79 Å². The van der Waals surface area contributed by atoms with E-state index < -0.39 is 5.54 Å². The molecule has 3 N–H and O–H groups in total. The van der Waals surface area contributed by atoms with Gasteiger partial charge < -0.3 is 20.5 Å². The lowest BCUT2D eigenvalue weighted by Crippen LogP contribution is -2.51. The van der Waals surface area contributed by atoms with Crippen LogP contribution in [0.4, 0.5) is 0 Å². The largest absolute Gasteiger partial charge is 0.493 e. The molecule has 0 aliphatic rings. The van der Waals surface area contributed by atoms with Gasteiger partial charge in [-0.25, -0.2) is 0 Å². The number of para-hydroxylation sites is 1. The van der Waals surface area contributed by atoms with Crippen LogP contribution in [0.3, 0.4) is 0 Å². The molecule has 1 rings (SSSR count). The van der Waals surface area contributed by atoms with E-state index in [4.69, 9.17) is 15.2 Å². The normalized spacial score (nSPS) is 13.4. The summed E-state index contributed by atoms with van der Waals surface area (Å²) in [4.78, 5) is 12.1. The SMILES string of the molecule is CCCC(C)(N)C(=O)NCc1cccc(OC)c1OC. The van der Waals surface area contributed by atoms with Crippen molar-refractivity contribution < 1.29 is 14.3 Å². The van der Waals surface area contributed by atoms with Gasteiger partial charge in [-0.05, 0) is 19.4 Å². The molecule has 20 heavy (non-hydrogen) atoms. The highest BCUT2D eigenvalue weighted by Gasteiger charge is 2.27. The fraction of sp³-hybridized carbons (Fsp3) is 0.533. The van der Waals surface area contributed by atoms with Crippen LogP contribution in [-0.2, 0) is 11.3 Å². The number of amides is 1. The number of benzene rings is 1. The minimum Gasteiger partial charge on any atom is -0.493 e. The summed E-state index contributed by atoms with van der Waals surface area (Å²) < 4.78 is 10.6. The van der Waals surface area contributed by atoms with Crippen molar-refractivity contribution in [1.29, 1.82) is 0 Å². The number of carbonyl (C=O) groups excluding carboxylic acids is 1. The third-order valence-electron chi connectivity index (χ3n) is 3.21. The van der Waals surface area contributed by atoms with Crippen molar-refractivity contribution in [3.05, 3.63) is 23.8 Å². The first-order valence-corrected chi connectivity index (χ1v) is 6.73. The summed E-state index contributed by atoms with van der Waals surface area (Å²) in [5.41, 5.74) is 6.00. The van der Waals surface area contributed by atoms with Crippen LogP contribution >= 0.6 is 0 Å². The van der Waals surface area contributed by atoms with Gasteiger partial charge >= 0.3 is 0 Å². The van der Waals surface area contributed by atoms with Crippen molar-refractivity contribution in [1.82, 2.24) is 5.32 Å². The van der Waals surface area contributed by atoms with Crippen molar-refractivity contribution in [3.8, 4) is 11.5 Å². The molecule has 112 valence electrons. The molecule has 0 radical (unpaired) electrons. The lowest BCUT2D eigenvalue weighted by molar-refractivity contribution is -0.126. The fourth-order valence-corrected chi connectivity index (χ4v) is 2.10. The lowest BCUT2D eigenvalue weighted by Gasteiger charge is -2.23. The molecular formula is C15H24N2O3. The van der Waals surface area contributed by atoms with Crippen LogP contribution in [0.1, 0.15) is 32.3 Å². The second kappa shape index (κ2) is 7.14. The molecule has 0 bridgehead atoms. The first kappa shape index (κ1) is 16.3. The van der Waals surface area contributed by atoms with Crippen LogP contribution in [0.15, 0.2) is 18.2 Å². The topological polar surface area (TPSA) is 73.6 Å². The fourth-order valence-electron chi connectivity index (χ4n) is 2.10. The standard InChI is InChI=1S/C15H24N2O3/c1-5-9-15(2,16)14(18)17-10-11-7-6-8-12(19-3)13(11)20-4/h6-8H,5,9-10,16H2,1-4H3,(H,17,18). The van der Waals surface area contributed by atoms with Crippen LogP contribution in [0.2, 0.25) is 0 Å². The van der Waals surface area contributed by atoms with E-state index in [1.165, 1.54) is 0 Å². The van der Waals surface area contributed by atoms with Gasteiger partial charge in [0, 0.05) is 12.1 Å². The van der Waals surface area contributed by atoms with Crippen LogP contribution in [0.5, 0.6) is 11.5 Å². The van der Waals surface area contributed by atoms with E-state index in [1.54, 1.807) is 21.1 Å². The van der Waals surface area contributed by atoms with Crippen LogP contribution in [0.25, 0.3) is 0 Å². The van der Waals surface area contributed by atoms with Crippen LogP contribution in [-0.4, -0.2) is 25.7 Å². The maximum absolute atomic E-state index is 12.1. The molecule has 0 saturated heterocycles. The van der Waals surface area contributed by atoms with E-state index in [0.29, 0.717) is 24.5 Å². The number of nitrogens with two attached hydrogens (primary N) is 1. The van der Waals surface area contributed by atoms with Crippen molar-refractivity contribution in [2.24, 2.45) is 5.73 Å². The van der Waals surface area contributed by atoms with Crippen molar-refractivity contribution in [2.75, 3.05) is 14.2 Å². The Morgan fingerprint density at radius 1 is 1.35 bits per heavy atom. The van der Waals surface area contributed by atoms with E-state index in [9.17, 15) is 4.79 Å². The summed E-state index contributed by atoms with van der Waals surface area (Å²) in [5, 5.41) is 2.85. The lowest BCUT2D eigenvalue weighted by atomic mass is 9.96. The Labute approximate surface area is 120 Å². The molecule has 0 saturated carbocycles. The van der Waals surface area contributed by atoms with Crippen LogP contribution < -0.4 is 20.5 Å². The highest BCUT2D eigenvalue weighted by Crippen LogP contribution is 2.30. The average Bonchev–Trinajstić information content (AvgIpc) is 2.43. The van der Waals surface area contributed by atoms with E-state index in [0.717, 1.165) is 12.0 Å². The Morgan fingerprint density at radius 2 is 2.05 bits per heavy atom. The number of hydrogen-bond donors (Lipinski definition) is 2. The minimum atomic E-state index is -0.846. The van der Waals surface area contributed by atoms with Gasteiger partial charge in [-0.1, -0.05) is 25.5 Å². The number of carbonyl (C=O) groups is 1. The van der Waals surface area contributed by atoms with E-state index in [2.05, 4.69) is 5.32 Å². The number of rotatable bonds is 7. The highest BCUT2D eigenvalue weighted by molar-refractivity contribution is 5.85. The maximum atomic E-state index is 12.1. The zero-order valence-corrected chi connectivity index (χ0v) is 12.7. The van der Waals surface area contributed by atoms with Gasteiger partial charge in [0.2, 0.25) is 5.91 Å². The second-order valence-electron chi connectivity index (χ2n) is 5.00. The summed E-state index contributed by atoms with van der Waals surface area (Å²) in [6.07, 6.45) is 1.51. The highest BCUT2D eigenvalue weighted by atomic mass is 16.5. The predicted octanol–water partition coefficient (Wildman–Crippen LogP) is 1.84. The molecule has 0 spiro atoms. The number of methoxy groups -OCH3 is 2. The number of ether oxygens (including phenoxy) is 2. The first-order valence-electron chi connectivity index (χ1n) is 6.73. The molecule has 0 aliphatic heterocycles. The van der Waals surface area contributed by atoms with Gasteiger partial charge in [0.15, 0.2) is 11.5 Å². The first-order chi connectivity index (χ1) is 9.46. The molecular weight excluding hydrogens is 256 g/mol. The summed E-state index contributed by atoms with van der Waals surface area (Å²) >= 11 is 0. The Morgan fingerprint density at radius 3 is 2.60 bits per heavy atom. The monoisotopic (exact) mass is 280 g/mol. The molecule has 0 fully saturated rings. The van der Waals surface area contributed by atoms with Crippen molar-refractivity contribution in [3.63, 3.8) is 0 Å². The van der Waals surface area contributed by atoms with E-state index in [1.807, 2.05) is 25.1 Å². The van der Waals surface area contributed by atoms with Gasteiger partial charge in [0.1, 0.15) is 0 Å². The Balaban J connectivity index is 2.78. The molecule has 5 heteroatoms. The number of hydrogen-bond acceptors (Lipinski definition) is 4. The molecule has 1 amide bonds. The summed E-state index contributed by atoms with van der Waals surface area (Å²) in [5.74, 6) is 1.11. The predicted molar refractivity (Wildman–Crippen MR) is 78.9 cm³/mol. The quantitative estimate of drug-likeness (QED) is 0.799. The maximum Gasteiger partial charge on any atom is 0.240 e. The molecule has 0 aromatic heterocycles. The molecule has 0 heterocycles. The molecule has 0 aliphatic carbocycles. The average molecular weight is 280 g/mol. The van der Waals surface area contributed by atoms with Gasteiger partial charge in [0.05, 0.1) is 19.8 Å². The van der Waals surface area contributed by atoms with Crippen LogP contribution in [0, 0.1) is 0 Å². The summed E-state index contributed by atoms with van der Waals surface area (Å²) in [6.45, 7) is 4.10. The molecule has 5 nitrogen and oxygen atoms in total. The van der Waals surface area contributed by atoms with E-state index in [-0.39, 0.29) is 5.91 Å². The Bertz CT molecular complexity index is 458. The number of nitrogens with one attached hydrogen (secondary N) is 1. The second-order valence-corrected chi connectivity index (χ2v) is 5.00. The zero-order chi connectivity index (χ0) is 15.2. The van der Waals surface area contributed by atoms with Gasteiger partial charge in [-0.15, -0.1) is 0 Å². The Kier molecular flexibility index (Phi) is 5.82.